The summed E-state index contributed by atoms with van der Waals surface area (Å²) >= 11 is 1.72. The van der Waals surface area contributed by atoms with Gasteiger partial charge in [-0.05, 0) is 56.1 Å². The van der Waals surface area contributed by atoms with E-state index in [1.165, 1.54) is 36.2 Å². The number of allylic oxidation sites excluding steroid dienone is 1. The van der Waals surface area contributed by atoms with Gasteiger partial charge in [0.25, 0.3) is 0 Å². The molecule has 1 N–H and O–H groups in total. The first-order chi connectivity index (χ1) is 9.78. The van der Waals surface area contributed by atoms with Crippen molar-refractivity contribution in [3.05, 3.63) is 41.5 Å². The normalized spacial score (nSPS) is 14.8. The second-order valence-electron chi connectivity index (χ2n) is 5.23. The highest BCUT2D eigenvalue weighted by Crippen LogP contribution is 2.19. The molecular weight excluding hydrogens is 266 g/mol. The van der Waals surface area contributed by atoms with Crippen LogP contribution in [0.15, 0.2) is 40.8 Å². The van der Waals surface area contributed by atoms with Crippen LogP contribution in [0, 0.1) is 0 Å². The standard InChI is InChI=1S/C17H23NOS/c1-20-16-9-7-15(8-10-16)13-17(19)18-12-11-14-5-3-2-4-6-14/h5,7-10H,2-4,6,11-13H2,1H3,(H,18,19). The van der Waals surface area contributed by atoms with Gasteiger partial charge < -0.3 is 5.32 Å². The average Bonchev–Trinajstić information content (AvgIpc) is 2.49. The minimum Gasteiger partial charge on any atom is -0.355 e. The molecular formula is C17H23NOS. The molecule has 2 nitrogen and oxygen atoms in total. The third-order valence-electron chi connectivity index (χ3n) is 3.68. The van der Waals surface area contributed by atoms with Gasteiger partial charge >= 0.3 is 0 Å². The van der Waals surface area contributed by atoms with Gasteiger partial charge in [-0.1, -0.05) is 23.8 Å². The van der Waals surface area contributed by atoms with Crippen LogP contribution in [0.5, 0.6) is 0 Å². The number of amides is 1. The summed E-state index contributed by atoms with van der Waals surface area (Å²) in [6.45, 7) is 0.771. The van der Waals surface area contributed by atoms with Crippen molar-refractivity contribution in [1.29, 1.82) is 0 Å². The van der Waals surface area contributed by atoms with E-state index in [1.54, 1.807) is 11.8 Å². The molecule has 108 valence electrons. The molecule has 0 atom stereocenters. The van der Waals surface area contributed by atoms with Crippen LogP contribution < -0.4 is 5.32 Å². The fourth-order valence-electron chi connectivity index (χ4n) is 2.49. The Balaban J connectivity index is 1.70. The highest BCUT2D eigenvalue weighted by molar-refractivity contribution is 7.98. The summed E-state index contributed by atoms with van der Waals surface area (Å²) in [5.41, 5.74) is 2.60. The summed E-state index contributed by atoms with van der Waals surface area (Å²) in [5, 5.41) is 3.02. The molecule has 0 saturated heterocycles. The van der Waals surface area contributed by atoms with Crippen LogP contribution in [0.3, 0.4) is 0 Å². The Hall–Kier alpha value is -1.22. The SMILES string of the molecule is CSc1ccc(CC(=O)NCCC2=CCCCC2)cc1. The maximum Gasteiger partial charge on any atom is 0.224 e. The molecule has 1 aromatic carbocycles. The number of hydrogen-bond acceptors (Lipinski definition) is 2. The predicted octanol–water partition coefficient (Wildman–Crippen LogP) is 3.96. The van der Waals surface area contributed by atoms with Gasteiger partial charge in [-0.2, -0.15) is 0 Å². The summed E-state index contributed by atoms with van der Waals surface area (Å²) in [7, 11) is 0. The summed E-state index contributed by atoms with van der Waals surface area (Å²) in [4.78, 5) is 13.1. The van der Waals surface area contributed by atoms with E-state index in [2.05, 4.69) is 29.8 Å². The van der Waals surface area contributed by atoms with Crippen LogP contribution in [0.4, 0.5) is 0 Å². The summed E-state index contributed by atoms with van der Waals surface area (Å²) in [5.74, 6) is 0.123. The van der Waals surface area contributed by atoms with E-state index in [1.807, 2.05) is 12.1 Å². The van der Waals surface area contributed by atoms with E-state index < -0.39 is 0 Å². The largest absolute Gasteiger partial charge is 0.355 e. The van der Waals surface area contributed by atoms with Gasteiger partial charge in [0.15, 0.2) is 0 Å². The fraction of sp³-hybridized carbons (Fsp3) is 0.471. The lowest BCUT2D eigenvalue weighted by Gasteiger charge is -2.13. The smallest absolute Gasteiger partial charge is 0.224 e. The summed E-state index contributed by atoms with van der Waals surface area (Å²) in [6, 6.07) is 8.21. The predicted molar refractivity (Wildman–Crippen MR) is 86.1 cm³/mol. The van der Waals surface area contributed by atoms with Gasteiger partial charge in [0.2, 0.25) is 5.91 Å². The molecule has 0 heterocycles. The monoisotopic (exact) mass is 289 g/mol. The molecule has 1 amide bonds. The lowest BCUT2D eigenvalue weighted by atomic mass is 9.97. The van der Waals surface area contributed by atoms with E-state index >= 15 is 0 Å². The zero-order valence-corrected chi connectivity index (χ0v) is 13.0. The number of rotatable bonds is 6. The van der Waals surface area contributed by atoms with Crippen molar-refractivity contribution in [3.8, 4) is 0 Å². The van der Waals surface area contributed by atoms with Crippen LogP contribution in [0.25, 0.3) is 0 Å². The summed E-state index contributed by atoms with van der Waals surface area (Å²) in [6.07, 6.45) is 10.9. The van der Waals surface area contributed by atoms with Crippen molar-refractivity contribution in [3.63, 3.8) is 0 Å². The Morgan fingerprint density at radius 3 is 2.70 bits per heavy atom. The Morgan fingerprint density at radius 1 is 1.25 bits per heavy atom. The van der Waals surface area contributed by atoms with Crippen LogP contribution in [-0.2, 0) is 11.2 Å². The molecule has 0 unspecified atom stereocenters. The fourth-order valence-corrected chi connectivity index (χ4v) is 2.89. The van der Waals surface area contributed by atoms with Crippen LogP contribution in [0.2, 0.25) is 0 Å². The topological polar surface area (TPSA) is 29.1 Å². The molecule has 0 aromatic heterocycles. The molecule has 20 heavy (non-hydrogen) atoms. The first-order valence-electron chi connectivity index (χ1n) is 7.35. The van der Waals surface area contributed by atoms with Gasteiger partial charge in [0, 0.05) is 11.4 Å². The van der Waals surface area contributed by atoms with E-state index in [-0.39, 0.29) is 5.91 Å². The second kappa shape index (κ2) is 8.15. The Kier molecular flexibility index (Phi) is 6.19. The second-order valence-corrected chi connectivity index (χ2v) is 6.11. The molecule has 0 radical (unpaired) electrons. The highest BCUT2D eigenvalue weighted by atomic mass is 32.2. The number of nitrogens with one attached hydrogen (secondary N) is 1. The number of thioether (sulfide) groups is 1. The molecule has 0 bridgehead atoms. The quantitative estimate of drug-likeness (QED) is 0.634. The number of benzene rings is 1. The molecule has 3 heteroatoms. The molecule has 0 saturated carbocycles. The van der Waals surface area contributed by atoms with Gasteiger partial charge in [0.05, 0.1) is 6.42 Å². The van der Waals surface area contributed by atoms with E-state index in [0.29, 0.717) is 6.42 Å². The van der Waals surface area contributed by atoms with E-state index in [9.17, 15) is 4.79 Å². The van der Waals surface area contributed by atoms with Crippen molar-refractivity contribution in [1.82, 2.24) is 5.32 Å². The zero-order valence-electron chi connectivity index (χ0n) is 12.2. The van der Waals surface area contributed by atoms with Crippen molar-refractivity contribution in [2.24, 2.45) is 0 Å². The van der Waals surface area contributed by atoms with Gasteiger partial charge in [-0.3, -0.25) is 4.79 Å². The average molecular weight is 289 g/mol. The van der Waals surface area contributed by atoms with Gasteiger partial charge in [-0.15, -0.1) is 11.8 Å². The lowest BCUT2D eigenvalue weighted by molar-refractivity contribution is -0.120. The van der Waals surface area contributed by atoms with Crippen molar-refractivity contribution < 1.29 is 4.79 Å². The Bertz CT molecular complexity index is 464. The number of carbonyl (C=O) groups excluding carboxylic acids is 1. The van der Waals surface area contributed by atoms with Gasteiger partial charge in [-0.25, -0.2) is 0 Å². The lowest BCUT2D eigenvalue weighted by Crippen LogP contribution is -2.26. The zero-order chi connectivity index (χ0) is 14.2. The van der Waals surface area contributed by atoms with Gasteiger partial charge in [0.1, 0.15) is 0 Å². The Morgan fingerprint density at radius 2 is 2.05 bits per heavy atom. The van der Waals surface area contributed by atoms with Crippen LogP contribution in [0.1, 0.15) is 37.7 Å². The van der Waals surface area contributed by atoms with Crippen molar-refractivity contribution in [2.75, 3.05) is 12.8 Å². The molecule has 0 fully saturated rings. The summed E-state index contributed by atoms with van der Waals surface area (Å²) < 4.78 is 0. The molecule has 1 aromatic rings. The van der Waals surface area contributed by atoms with Crippen LogP contribution >= 0.6 is 11.8 Å². The maximum atomic E-state index is 11.9. The highest BCUT2D eigenvalue weighted by Gasteiger charge is 2.06. The number of hydrogen-bond donors (Lipinski definition) is 1. The third kappa shape index (κ3) is 5.04. The minimum absolute atomic E-state index is 0.123. The molecule has 0 spiro atoms. The molecule has 0 aliphatic heterocycles. The molecule has 2 rings (SSSR count). The van der Waals surface area contributed by atoms with E-state index in [0.717, 1.165) is 18.5 Å². The molecule has 1 aliphatic carbocycles. The maximum absolute atomic E-state index is 11.9. The van der Waals surface area contributed by atoms with Crippen LogP contribution in [-0.4, -0.2) is 18.7 Å². The minimum atomic E-state index is 0.123. The van der Waals surface area contributed by atoms with E-state index in [4.69, 9.17) is 0 Å². The Labute approximate surface area is 126 Å². The molecule has 1 aliphatic rings. The first kappa shape index (κ1) is 15.2. The van der Waals surface area contributed by atoms with Crippen molar-refractivity contribution >= 4 is 17.7 Å². The number of carbonyl (C=O) groups is 1. The third-order valence-corrected chi connectivity index (χ3v) is 4.42. The van der Waals surface area contributed by atoms with Crippen molar-refractivity contribution in [2.45, 2.75) is 43.4 Å². The first-order valence-corrected chi connectivity index (χ1v) is 8.58.